The zero-order valence-electron chi connectivity index (χ0n) is 9.74. The number of hydrogen-bond donors (Lipinski definition) is 1. The van der Waals surface area contributed by atoms with E-state index in [-0.39, 0.29) is 0 Å². The molecule has 0 aliphatic carbocycles. The van der Waals surface area contributed by atoms with Crippen molar-refractivity contribution in [1.82, 2.24) is 9.55 Å². The zero-order valence-corrected chi connectivity index (χ0v) is 9.74. The van der Waals surface area contributed by atoms with Crippen molar-refractivity contribution in [2.45, 2.75) is 51.5 Å². The van der Waals surface area contributed by atoms with E-state index in [2.05, 4.69) is 29.6 Å². The van der Waals surface area contributed by atoms with Gasteiger partial charge in [-0.3, -0.25) is 0 Å². The summed E-state index contributed by atoms with van der Waals surface area (Å²) in [5.74, 6) is 1.75. The molecule has 0 saturated heterocycles. The Morgan fingerprint density at radius 3 is 3.07 bits per heavy atom. The fraction of sp³-hybridized carbons (Fsp3) is 0.750. The van der Waals surface area contributed by atoms with E-state index in [1.807, 2.05) is 0 Å². The van der Waals surface area contributed by atoms with Crippen molar-refractivity contribution in [2.75, 3.05) is 6.54 Å². The van der Waals surface area contributed by atoms with Gasteiger partial charge in [0.1, 0.15) is 5.82 Å². The van der Waals surface area contributed by atoms with Gasteiger partial charge in [0.25, 0.3) is 0 Å². The van der Waals surface area contributed by atoms with Gasteiger partial charge in [0.15, 0.2) is 0 Å². The van der Waals surface area contributed by atoms with Gasteiger partial charge in [-0.2, -0.15) is 0 Å². The first kappa shape index (κ1) is 10.7. The number of fused-ring (bicyclic) bond motifs is 1. The maximum Gasteiger partial charge on any atom is 0.111 e. The highest BCUT2D eigenvalue weighted by Crippen LogP contribution is 2.31. The van der Waals surface area contributed by atoms with E-state index >= 15 is 0 Å². The van der Waals surface area contributed by atoms with Crippen LogP contribution in [0.25, 0.3) is 0 Å². The summed E-state index contributed by atoms with van der Waals surface area (Å²) in [4.78, 5) is 4.55. The molecule has 84 valence electrons. The van der Waals surface area contributed by atoms with Crippen LogP contribution >= 0.6 is 0 Å². The van der Waals surface area contributed by atoms with Crippen LogP contribution in [-0.2, 0) is 6.42 Å². The molecule has 1 aliphatic rings. The number of rotatable bonds is 3. The summed E-state index contributed by atoms with van der Waals surface area (Å²) in [6.45, 7) is 5.20. The minimum Gasteiger partial charge on any atom is -0.330 e. The van der Waals surface area contributed by atoms with Crippen molar-refractivity contribution in [2.24, 2.45) is 5.73 Å². The molecule has 2 heterocycles. The van der Waals surface area contributed by atoms with E-state index in [0.29, 0.717) is 12.0 Å². The van der Waals surface area contributed by atoms with E-state index in [9.17, 15) is 0 Å². The molecule has 1 aliphatic heterocycles. The molecule has 1 aromatic rings. The highest BCUT2D eigenvalue weighted by molar-refractivity contribution is 5.12. The third-order valence-electron chi connectivity index (χ3n) is 3.25. The van der Waals surface area contributed by atoms with Crippen LogP contribution in [0.1, 0.15) is 56.6 Å². The van der Waals surface area contributed by atoms with Crippen LogP contribution in [0.3, 0.4) is 0 Å². The summed E-state index contributed by atoms with van der Waals surface area (Å²) in [6, 6.07) is 0.596. The van der Waals surface area contributed by atoms with E-state index in [1.54, 1.807) is 0 Å². The standard InChI is InChI=1S/C12H21N3/c1-9(2)12-14-8-11-5-3-4-10(6-7-13)15(11)12/h8-10H,3-7,13H2,1-2H3. The lowest BCUT2D eigenvalue weighted by molar-refractivity contribution is 0.368. The van der Waals surface area contributed by atoms with Crippen molar-refractivity contribution < 1.29 is 0 Å². The van der Waals surface area contributed by atoms with Gasteiger partial charge in [0.05, 0.1) is 0 Å². The molecule has 0 radical (unpaired) electrons. The third kappa shape index (κ3) is 1.93. The van der Waals surface area contributed by atoms with Gasteiger partial charge in [-0.25, -0.2) is 4.98 Å². The Hall–Kier alpha value is -0.830. The van der Waals surface area contributed by atoms with Crippen LogP contribution in [0, 0.1) is 0 Å². The quantitative estimate of drug-likeness (QED) is 0.826. The van der Waals surface area contributed by atoms with Gasteiger partial charge in [-0.15, -0.1) is 0 Å². The number of aryl methyl sites for hydroxylation is 1. The largest absolute Gasteiger partial charge is 0.330 e. The van der Waals surface area contributed by atoms with Crippen molar-refractivity contribution in [3.63, 3.8) is 0 Å². The Bertz CT molecular complexity index is 328. The Morgan fingerprint density at radius 2 is 2.40 bits per heavy atom. The molecule has 2 rings (SSSR count). The predicted molar refractivity (Wildman–Crippen MR) is 62.0 cm³/mol. The lowest BCUT2D eigenvalue weighted by Crippen LogP contribution is -2.22. The fourth-order valence-electron chi connectivity index (χ4n) is 2.56. The zero-order chi connectivity index (χ0) is 10.8. The molecule has 0 saturated carbocycles. The average Bonchev–Trinajstić information content (AvgIpc) is 2.62. The number of nitrogens with zero attached hydrogens (tertiary/aromatic N) is 2. The molecule has 0 spiro atoms. The predicted octanol–water partition coefficient (Wildman–Crippen LogP) is 2.23. The number of nitrogens with two attached hydrogens (primary N) is 1. The smallest absolute Gasteiger partial charge is 0.111 e. The second-order valence-corrected chi connectivity index (χ2v) is 4.76. The Balaban J connectivity index is 2.34. The van der Waals surface area contributed by atoms with E-state index in [1.165, 1.54) is 30.8 Å². The fourth-order valence-corrected chi connectivity index (χ4v) is 2.56. The van der Waals surface area contributed by atoms with Crippen molar-refractivity contribution in [3.8, 4) is 0 Å². The van der Waals surface area contributed by atoms with Gasteiger partial charge in [0, 0.05) is 23.9 Å². The maximum atomic E-state index is 5.68. The Labute approximate surface area is 91.7 Å². The first-order valence-electron chi connectivity index (χ1n) is 6.00. The molecular weight excluding hydrogens is 186 g/mol. The molecular formula is C12H21N3. The van der Waals surface area contributed by atoms with Crippen LogP contribution in [0.2, 0.25) is 0 Å². The molecule has 1 aromatic heterocycles. The van der Waals surface area contributed by atoms with Crippen molar-refractivity contribution >= 4 is 0 Å². The van der Waals surface area contributed by atoms with Crippen LogP contribution in [-0.4, -0.2) is 16.1 Å². The Kier molecular flexibility index (Phi) is 3.10. The van der Waals surface area contributed by atoms with Crippen LogP contribution in [0.5, 0.6) is 0 Å². The van der Waals surface area contributed by atoms with Gasteiger partial charge in [0.2, 0.25) is 0 Å². The molecule has 1 atom stereocenters. The third-order valence-corrected chi connectivity index (χ3v) is 3.25. The monoisotopic (exact) mass is 207 g/mol. The molecule has 0 amide bonds. The van der Waals surface area contributed by atoms with Crippen molar-refractivity contribution in [3.05, 3.63) is 17.7 Å². The number of imidazole rings is 1. The SMILES string of the molecule is CC(C)c1ncc2n1C(CCN)CCC2. The van der Waals surface area contributed by atoms with Gasteiger partial charge >= 0.3 is 0 Å². The normalized spacial score (nSPS) is 20.7. The summed E-state index contributed by atoms with van der Waals surface area (Å²) >= 11 is 0. The molecule has 2 N–H and O–H groups in total. The minimum absolute atomic E-state index is 0.511. The van der Waals surface area contributed by atoms with Crippen LogP contribution in [0.4, 0.5) is 0 Å². The summed E-state index contributed by atoms with van der Waals surface area (Å²) in [5, 5.41) is 0. The summed E-state index contributed by atoms with van der Waals surface area (Å²) in [7, 11) is 0. The van der Waals surface area contributed by atoms with E-state index in [0.717, 1.165) is 13.0 Å². The van der Waals surface area contributed by atoms with Crippen LogP contribution in [0.15, 0.2) is 6.20 Å². The highest BCUT2D eigenvalue weighted by Gasteiger charge is 2.23. The highest BCUT2D eigenvalue weighted by atomic mass is 15.1. The average molecular weight is 207 g/mol. The van der Waals surface area contributed by atoms with Gasteiger partial charge < -0.3 is 10.3 Å². The molecule has 1 unspecified atom stereocenters. The molecule has 0 bridgehead atoms. The number of aromatic nitrogens is 2. The molecule has 3 heteroatoms. The maximum absolute atomic E-state index is 5.68. The Morgan fingerprint density at radius 1 is 1.60 bits per heavy atom. The lowest BCUT2D eigenvalue weighted by Gasteiger charge is -2.28. The topological polar surface area (TPSA) is 43.8 Å². The van der Waals surface area contributed by atoms with Crippen LogP contribution < -0.4 is 5.73 Å². The lowest BCUT2D eigenvalue weighted by atomic mass is 9.99. The number of hydrogen-bond acceptors (Lipinski definition) is 2. The minimum atomic E-state index is 0.511. The molecule has 0 fully saturated rings. The van der Waals surface area contributed by atoms with E-state index in [4.69, 9.17) is 5.73 Å². The summed E-state index contributed by atoms with van der Waals surface area (Å²) in [6.07, 6.45) is 6.87. The van der Waals surface area contributed by atoms with Gasteiger partial charge in [-0.1, -0.05) is 13.8 Å². The first-order valence-corrected chi connectivity index (χ1v) is 6.00. The molecule has 15 heavy (non-hydrogen) atoms. The van der Waals surface area contributed by atoms with Gasteiger partial charge in [-0.05, 0) is 32.2 Å². The second kappa shape index (κ2) is 4.35. The first-order chi connectivity index (χ1) is 7.24. The molecule has 0 aromatic carbocycles. The second-order valence-electron chi connectivity index (χ2n) is 4.76. The van der Waals surface area contributed by atoms with Crippen molar-refractivity contribution in [1.29, 1.82) is 0 Å². The summed E-state index contributed by atoms with van der Waals surface area (Å²) in [5.41, 5.74) is 7.08. The summed E-state index contributed by atoms with van der Waals surface area (Å²) < 4.78 is 2.45. The van der Waals surface area contributed by atoms with E-state index < -0.39 is 0 Å². The molecule has 3 nitrogen and oxygen atoms in total.